The van der Waals surface area contributed by atoms with Crippen molar-refractivity contribution in [1.29, 1.82) is 0 Å². The molecule has 2 aromatic carbocycles. The average Bonchev–Trinajstić information content (AvgIpc) is 2.49. The molecule has 20 heavy (non-hydrogen) atoms. The maximum Gasteiger partial charge on any atom is 0.119 e. The fourth-order valence-corrected chi connectivity index (χ4v) is 2.07. The molecule has 0 aromatic heterocycles. The lowest BCUT2D eigenvalue weighted by Crippen LogP contribution is -2.36. The Balaban J connectivity index is 1.96. The molecule has 2 nitrogen and oxygen atoms in total. The maximum atomic E-state index is 5.91. The van der Waals surface area contributed by atoms with E-state index in [1.54, 1.807) is 0 Å². The van der Waals surface area contributed by atoms with Crippen molar-refractivity contribution in [3.63, 3.8) is 0 Å². The zero-order valence-electron chi connectivity index (χ0n) is 12.5. The number of rotatable bonds is 6. The molecule has 2 aromatic rings. The van der Waals surface area contributed by atoms with E-state index in [-0.39, 0.29) is 6.10 Å². The SMILES string of the molecule is CNC(C)C(C)Oc1ccc(Cc2ccccc2)cc1. The highest BCUT2D eigenvalue weighted by Gasteiger charge is 2.11. The van der Waals surface area contributed by atoms with Gasteiger partial charge in [0.1, 0.15) is 11.9 Å². The van der Waals surface area contributed by atoms with Crippen molar-refractivity contribution in [3.05, 3.63) is 65.7 Å². The van der Waals surface area contributed by atoms with Crippen molar-refractivity contribution >= 4 is 0 Å². The van der Waals surface area contributed by atoms with Crippen molar-refractivity contribution in [2.45, 2.75) is 32.4 Å². The second-order valence-corrected chi connectivity index (χ2v) is 5.21. The van der Waals surface area contributed by atoms with Gasteiger partial charge in [-0.05, 0) is 50.6 Å². The third-order valence-electron chi connectivity index (χ3n) is 3.66. The highest BCUT2D eigenvalue weighted by atomic mass is 16.5. The van der Waals surface area contributed by atoms with Crippen molar-refractivity contribution in [2.24, 2.45) is 0 Å². The summed E-state index contributed by atoms with van der Waals surface area (Å²) < 4.78 is 5.91. The van der Waals surface area contributed by atoms with Gasteiger partial charge < -0.3 is 10.1 Å². The molecule has 106 valence electrons. The number of hydrogen-bond donors (Lipinski definition) is 1. The molecule has 0 fully saturated rings. The minimum absolute atomic E-state index is 0.153. The summed E-state index contributed by atoms with van der Waals surface area (Å²) in [5.74, 6) is 0.927. The van der Waals surface area contributed by atoms with Gasteiger partial charge in [0.05, 0.1) is 0 Å². The largest absolute Gasteiger partial charge is 0.489 e. The average molecular weight is 269 g/mol. The van der Waals surface area contributed by atoms with Crippen molar-refractivity contribution < 1.29 is 4.74 Å². The first-order valence-electron chi connectivity index (χ1n) is 7.16. The van der Waals surface area contributed by atoms with Gasteiger partial charge in [-0.2, -0.15) is 0 Å². The van der Waals surface area contributed by atoms with Crippen LogP contribution in [0.3, 0.4) is 0 Å². The number of hydrogen-bond acceptors (Lipinski definition) is 2. The summed E-state index contributed by atoms with van der Waals surface area (Å²) in [5, 5.41) is 3.20. The molecule has 0 radical (unpaired) electrons. The first-order chi connectivity index (χ1) is 9.69. The van der Waals surface area contributed by atoms with E-state index >= 15 is 0 Å². The van der Waals surface area contributed by atoms with Crippen molar-refractivity contribution in [3.8, 4) is 5.75 Å². The summed E-state index contributed by atoms with van der Waals surface area (Å²) in [6, 6.07) is 19.2. The van der Waals surface area contributed by atoms with Crippen molar-refractivity contribution in [2.75, 3.05) is 7.05 Å². The van der Waals surface area contributed by atoms with Crippen LogP contribution in [-0.4, -0.2) is 19.2 Å². The fraction of sp³-hybridized carbons (Fsp3) is 0.333. The third-order valence-corrected chi connectivity index (χ3v) is 3.66. The Bertz CT molecular complexity index is 507. The summed E-state index contributed by atoms with van der Waals surface area (Å²) in [7, 11) is 1.95. The third kappa shape index (κ3) is 4.10. The first kappa shape index (κ1) is 14.6. The van der Waals surface area contributed by atoms with Gasteiger partial charge in [-0.3, -0.25) is 0 Å². The smallest absolute Gasteiger partial charge is 0.119 e. The molecule has 0 aliphatic carbocycles. The normalized spacial score (nSPS) is 13.8. The summed E-state index contributed by atoms with van der Waals surface area (Å²) in [4.78, 5) is 0. The fourth-order valence-electron chi connectivity index (χ4n) is 2.07. The Morgan fingerprint density at radius 1 is 0.900 bits per heavy atom. The molecule has 0 heterocycles. The second kappa shape index (κ2) is 7.11. The Morgan fingerprint density at radius 3 is 2.10 bits per heavy atom. The van der Waals surface area contributed by atoms with Gasteiger partial charge in [0.25, 0.3) is 0 Å². The molecule has 0 bridgehead atoms. The second-order valence-electron chi connectivity index (χ2n) is 5.21. The van der Waals surface area contributed by atoms with E-state index in [4.69, 9.17) is 4.74 Å². The lowest BCUT2D eigenvalue weighted by Gasteiger charge is -2.21. The monoisotopic (exact) mass is 269 g/mol. The minimum Gasteiger partial charge on any atom is -0.489 e. The standard InChI is InChI=1S/C18H23NO/c1-14(19-3)15(2)20-18-11-9-17(10-12-18)13-16-7-5-4-6-8-16/h4-12,14-15,19H,13H2,1-3H3. The zero-order chi connectivity index (χ0) is 14.4. The zero-order valence-corrected chi connectivity index (χ0v) is 12.5. The lowest BCUT2D eigenvalue weighted by molar-refractivity contribution is 0.182. The van der Waals surface area contributed by atoms with Crippen LogP contribution in [0.15, 0.2) is 54.6 Å². The molecule has 2 heteroatoms. The summed E-state index contributed by atoms with van der Waals surface area (Å²) in [6.45, 7) is 4.20. The molecule has 0 aliphatic rings. The molecule has 0 aliphatic heterocycles. The summed E-state index contributed by atoms with van der Waals surface area (Å²) in [5.41, 5.74) is 2.64. The molecule has 0 saturated heterocycles. The quantitative estimate of drug-likeness (QED) is 0.864. The molecule has 2 rings (SSSR count). The lowest BCUT2D eigenvalue weighted by atomic mass is 10.1. The van der Waals surface area contributed by atoms with Crippen LogP contribution < -0.4 is 10.1 Å². The first-order valence-corrected chi connectivity index (χ1v) is 7.16. The number of benzene rings is 2. The highest BCUT2D eigenvalue weighted by molar-refractivity contribution is 5.31. The molecular formula is C18H23NO. The van der Waals surface area contributed by atoms with Crippen LogP contribution in [0.5, 0.6) is 5.75 Å². The van der Waals surface area contributed by atoms with Crippen LogP contribution in [-0.2, 0) is 6.42 Å². The van der Waals surface area contributed by atoms with Gasteiger partial charge in [-0.1, -0.05) is 42.5 Å². The number of nitrogens with one attached hydrogen (secondary N) is 1. The van der Waals surface area contributed by atoms with Crippen LogP contribution in [0.4, 0.5) is 0 Å². The summed E-state index contributed by atoms with van der Waals surface area (Å²) in [6.07, 6.45) is 1.11. The van der Waals surface area contributed by atoms with E-state index in [1.165, 1.54) is 11.1 Å². The molecule has 1 N–H and O–H groups in total. The molecule has 2 atom stereocenters. The van der Waals surface area contributed by atoms with E-state index < -0.39 is 0 Å². The van der Waals surface area contributed by atoms with Gasteiger partial charge in [-0.15, -0.1) is 0 Å². The molecular weight excluding hydrogens is 246 g/mol. The van der Waals surface area contributed by atoms with Gasteiger partial charge in [0.2, 0.25) is 0 Å². The topological polar surface area (TPSA) is 21.3 Å². The van der Waals surface area contributed by atoms with Gasteiger partial charge in [-0.25, -0.2) is 0 Å². The van der Waals surface area contributed by atoms with Gasteiger partial charge in [0.15, 0.2) is 0 Å². The van der Waals surface area contributed by atoms with Crippen LogP contribution in [0.2, 0.25) is 0 Å². The number of ether oxygens (including phenoxy) is 1. The predicted octanol–water partition coefficient (Wildman–Crippen LogP) is 3.65. The van der Waals surface area contributed by atoms with E-state index in [0.29, 0.717) is 6.04 Å². The Hall–Kier alpha value is -1.80. The summed E-state index contributed by atoms with van der Waals surface area (Å²) >= 11 is 0. The highest BCUT2D eigenvalue weighted by Crippen LogP contribution is 2.17. The Morgan fingerprint density at radius 2 is 1.50 bits per heavy atom. The molecule has 0 saturated carbocycles. The van der Waals surface area contributed by atoms with Crippen LogP contribution in [0.25, 0.3) is 0 Å². The predicted molar refractivity (Wildman–Crippen MR) is 84.3 cm³/mol. The van der Waals surface area contributed by atoms with E-state index in [1.807, 2.05) is 13.1 Å². The molecule has 0 amide bonds. The Labute approximate surface area is 121 Å². The van der Waals surface area contributed by atoms with Crippen molar-refractivity contribution in [1.82, 2.24) is 5.32 Å². The van der Waals surface area contributed by atoms with E-state index in [2.05, 4.69) is 67.7 Å². The van der Waals surface area contributed by atoms with E-state index in [9.17, 15) is 0 Å². The maximum absolute atomic E-state index is 5.91. The van der Waals surface area contributed by atoms with Gasteiger partial charge >= 0.3 is 0 Å². The van der Waals surface area contributed by atoms with Gasteiger partial charge in [0, 0.05) is 6.04 Å². The van der Waals surface area contributed by atoms with Crippen LogP contribution >= 0.6 is 0 Å². The molecule has 0 spiro atoms. The minimum atomic E-state index is 0.153. The Kier molecular flexibility index (Phi) is 5.19. The van der Waals surface area contributed by atoms with Crippen LogP contribution in [0.1, 0.15) is 25.0 Å². The number of likely N-dealkylation sites (N-methyl/N-ethyl adjacent to an activating group) is 1. The van der Waals surface area contributed by atoms with E-state index in [0.717, 1.165) is 12.2 Å². The molecule has 2 unspecified atom stereocenters. The van der Waals surface area contributed by atoms with Crippen LogP contribution in [0, 0.1) is 0 Å².